The molecule has 0 spiro atoms. The van der Waals surface area contributed by atoms with Crippen LogP contribution in [0, 0.1) is 5.92 Å². The van der Waals surface area contributed by atoms with E-state index in [9.17, 15) is 4.79 Å². The first-order valence-corrected chi connectivity index (χ1v) is 5.60. The van der Waals surface area contributed by atoms with Crippen molar-refractivity contribution in [1.82, 2.24) is 5.32 Å². The molecule has 0 bridgehead atoms. The van der Waals surface area contributed by atoms with Crippen LogP contribution < -0.4 is 5.32 Å². The molecule has 0 heterocycles. The molecule has 0 fully saturated rings. The molecule has 1 aromatic rings. The minimum atomic E-state index is -0.909. The molecule has 2 N–H and O–H groups in total. The topological polar surface area (TPSA) is 49.3 Å². The molecule has 1 unspecified atom stereocenters. The molecule has 0 aliphatic rings. The van der Waals surface area contributed by atoms with Crippen molar-refractivity contribution < 1.29 is 9.90 Å². The first-order chi connectivity index (χ1) is 7.52. The van der Waals surface area contributed by atoms with E-state index in [-0.39, 0.29) is 0 Å². The molecule has 0 saturated heterocycles. The van der Waals surface area contributed by atoms with E-state index in [1.54, 1.807) is 24.3 Å². The summed E-state index contributed by atoms with van der Waals surface area (Å²) >= 11 is 5.98. The summed E-state index contributed by atoms with van der Waals surface area (Å²) in [6.07, 6.45) is 0. The minimum Gasteiger partial charge on any atom is -0.480 e. The fourth-order valence-electron chi connectivity index (χ4n) is 1.39. The summed E-state index contributed by atoms with van der Waals surface area (Å²) in [6.45, 7) is 4.69. The smallest absolute Gasteiger partial charge is 0.325 e. The fourth-order valence-corrected chi connectivity index (χ4v) is 1.64. The molecule has 0 amide bonds. The molecule has 1 aromatic carbocycles. The zero-order valence-electron chi connectivity index (χ0n) is 9.40. The van der Waals surface area contributed by atoms with Crippen molar-refractivity contribution in [2.45, 2.75) is 19.9 Å². The molecular weight excluding hydrogens is 226 g/mol. The van der Waals surface area contributed by atoms with Crippen LogP contribution in [0.5, 0.6) is 0 Å². The predicted molar refractivity (Wildman–Crippen MR) is 64.7 cm³/mol. The quantitative estimate of drug-likeness (QED) is 0.833. The van der Waals surface area contributed by atoms with Crippen LogP contribution in [-0.2, 0) is 4.79 Å². The van der Waals surface area contributed by atoms with Gasteiger partial charge in [-0.3, -0.25) is 4.79 Å². The highest BCUT2D eigenvalue weighted by Crippen LogP contribution is 2.22. The van der Waals surface area contributed by atoms with Gasteiger partial charge in [0.05, 0.1) is 0 Å². The number of carbonyl (C=O) groups is 1. The SMILES string of the molecule is CC(C)CNC(C(=O)O)c1ccccc1Cl. The van der Waals surface area contributed by atoms with Crippen molar-refractivity contribution in [3.63, 3.8) is 0 Å². The van der Waals surface area contributed by atoms with Crippen LogP contribution >= 0.6 is 11.6 Å². The van der Waals surface area contributed by atoms with Gasteiger partial charge in [0.15, 0.2) is 0 Å². The number of aliphatic carboxylic acids is 1. The molecule has 88 valence electrons. The van der Waals surface area contributed by atoms with Gasteiger partial charge in [-0.05, 0) is 24.1 Å². The predicted octanol–water partition coefficient (Wildman–Crippen LogP) is 2.71. The van der Waals surface area contributed by atoms with Crippen molar-refractivity contribution in [3.05, 3.63) is 34.9 Å². The van der Waals surface area contributed by atoms with Gasteiger partial charge in [-0.15, -0.1) is 0 Å². The van der Waals surface area contributed by atoms with Gasteiger partial charge in [0.2, 0.25) is 0 Å². The second-order valence-corrected chi connectivity index (χ2v) is 4.50. The van der Waals surface area contributed by atoms with Crippen molar-refractivity contribution in [1.29, 1.82) is 0 Å². The third kappa shape index (κ3) is 3.51. The lowest BCUT2D eigenvalue weighted by molar-refractivity contribution is -0.139. The lowest BCUT2D eigenvalue weighted by atomic mass is 10.1. The number of rotatable bonds is 5. The average molecular weight is 242 g/mol. The maximum absolute atomic E-state index is 11.1. The molecule has 0 aromatic heterocycles. The largest absolute Gasteiger partial charge is 0.480 e. The zero-order valence-corrected chi connectivity index (χ0v) is 10.2. The van der Waals surface area contributed by atoms with Gasteiger partial charge in [-0.1, -0.05) is 43.6 Å². The highest BCUT2D eigenvalue weighted by atomic mass is 35.5. The Hall–Kier alpha value is -1.06. The van der Waals surface area contributed by atoms with Crippen LogP contribution in [0.15, 0.2) is 24.3 Å². The van der Waals surface area contributed by atoms with Crippen molar-refractivity contribution in [3.8, 4) is 0 Å². The summed E-state index contributed by atoms with van der Waals surface area (Å²) in [4.78, 5) is 11.1. The Balaban J connectivity index is 2.86. The van der Waals surface area contributed by atoms with Crippen molar-refractivity contribution in [2.75, 3.05) is 6.54 Å². The van der Waals surface area contributed by atoms with E-state index in [0.717, 1.165) is 0 Å². The maximum atomic E-state index is 11.1. The third-order valence-electron chi connectivity index (χ3n) is 2.19. The highest BCUT2D eigenvalue weighted by molar-refractivity contribution is 6.31. The second-order valence-electron chi connectivity index (χ2n) is 4.09. The van der Waals surface area contributed by atoms with Gasteiger partial charge in [0.25, 0.3) is 0 Å². The summed E-state index contributed by atoms with van der Waals surface area (Å²) in [6, 6.07) is 6.26. The lowest BCUT2D eigenvalue weighted by Gasteiger charge is -2.17. The molecule has 0 aliphatic carbocycles. The Labute approximate surface area is 100 Å². The average Bonchev–Trinajstić information content (AvgIpc) is 2.20. The number of benzene rings is 1. The summed E-state index contributed by atoms with van der Waals surface area (Å²) in [5, 5.41) is 12.6. The Morgan fingerprint density at radius 1 is 1.44 bits per heavy atom. The zero-order chi connectivity index (χ0) is 12.1. The van der Waals surface area contributed by atoms with E-state index < -0.39 is 12.0 Å². The van der Waals surface area contributed by atoms with Crippen LogP contribution in [0.2, 0.25) is 5.02 Å². The van der Waals surface area contributed by atoms with E-state index in [0.29, 0.717) is 23.0 Å². The molecule has 1 atom stereocenters. The number of carboxylic acid groups (broad SMARTS) is 1. The fraction of sp³-hybridized carbons (Fsp3) is 0.417. The number of nitrogens with one attached hydrogen (secondary N) is 1. The standard InChI is InChI=1S/C12H16ClNO2/c1-8(2)7-14-11(12(15)16)9-5-3-4-6-10(9)13/h3-6,8,11,14H,7H2,1-2H3,(H,15,16). The molecule has 1 rings (SSSR count). The lowest BCUT2D eigenvalue weighted by Crippen LogP contribution is -2.31. The Morgan fingerprint density at radius 2 is 2.06 bits per heavy atom. The monoisotopic (exact) mass is 241 g/mol. The van der Waals surface area contributed by atoms with E-state index in [1.165, 1.54) is 0 Å². The molecule has 3 nitrogen and oxygen atoms in total. The minimum absolute atomic E-state index is 0.393. The van der Waals surface area contributed by atoms with Crippen molar-refractivity contribution in [2.24, 2.45) is 5.92 Å². The van der Waals surface area contributed by atoms with Crippen LogP contribution in [0.1, 0.15) is 25.5 Å². The van der Waals surface area contributed by atoms with Crippen molar-refractivity contribution >= 4 is 17.6 Å². The van der Waals surface area contributed by atoms with Gasteiger partial charge < -0.3 is 10.4 Å². The summed E-state index contributed by atoms with van der Waals surface area (Å²) in [7, 11) is 0. The molecular formula is C12H16ClNO2. The van der Waals surface area contributed by atoms with Crippen LogP contribution in [0.4, 0.5) is 0 Å². The van der Waals surface area contributed by atoms with Gasteiger partial charge in [-0.2, -0.15) is 0 Å². The highest BCUT2D eigenvalue weighted by Gasteiger charge is 2.21. The number of hydrogen-bond acceptors (Lipinski definition) is 2. The van der Waals surface area contributed by atoms with Crippen LogP contribution in [-0.4, -0.2) is 17.6 Å². The van der Waals surface area contributed by atoms with Gasteiger partial charge >= 0.3 is 5.97 Å². The summed E-state index contributed by atoms with van der Waals surface area (Å²) in [5.74, 6) is -0.516. The van der Waals surface area contributed by atoms with E-state index >= 15 is 0 Å². The first kappa shape index (κ1) is 13.0. The maximum Gasteiger partial charge on any atom is 0.325 e. The molecule has 0 aliphatic heterocycles. The normalized spacial score (nSPS) is 12.8. The van der Waals surface area contributed by atoms with E-state index in [4.69, 9.17) is 16.7 Å². The van der Waals surface area contributed by atoms with E-state index in [1.807, 2.05) is 13.8 Å². The van der Waals surface area contributed by atoms with Gasteiger partial charge in [0.1, 0.15) is 6.04 Å². The van der Waals surface area contributed by atoms with Crippen LogP contribution in [0.25, 0.3) is 0 Å². The Morgan fingerprint density at radius 3 is 2.56 bits per heavy atom. The van der Waals surface area contributed by atoms with Gasteiger partial charge in [0, 0.05) is 5.02 Å². The molecule has 0 radical (unpaired) electrons. The Bertz CT molecular complexity index is 366. The number of carboxylic acids is 1. The van der Waals surface area contributed by atoms with E-state index in [2.05, 4.69) is 5.32 Å². The van der Waals surface area contributed by atoms with Gasteiger partial charge in [-0.25, -0.2) is 0 Å². The Kier molecular flexibility index (Phi) is 4.77. The first-order valence-electron chi connectivity index (χ1n) is 5.23. The summed E-state index contributed by atoms with van der Waals surface area (Å²) in [5.41, 5.74) is 0.609. The second kappa shape index (κ2) is 5.87. The third-order valence-corrected chi connectivity index (χ3v) is 2.54. The molecule has 16 heavy (non-hydrogen) atoms. The summed E-state index contributed by atoms with van der Waals surface area (Å²) < 4.78 is 0. The molecule has 0 saturated carbocycles. The number of hydrogen-bond donors (Lipinski definition) is 2. The molecule has 4 heteroatoms. The number of halogens is 1. The van der Waals surface area contributed by atoms with Crippen LogP contribution in [0.3, 0.4) is 0 Å².